The standard InChI is InChI=1S/C28H30F3NO5/c1-4-26(2,3)24-10-17-9-16(20(29)13-21(17)32(24)14-19(34)15-33)11-25(35)27(7-8-27)18-5-6-22-23(12-18)37-28(30,31)36-22/h5-6,9-10,12-13,19,33-34H,4,7-8,11,14-15H2,1-3H3/t19-/m0/s1/i9D,10D,13D,14D2,19D. The Morgan fingerprint density at radius 2 is 1.97 bits per heavy atom. The molecule has 1 saturated carbocycles. The molecule has 2 aliphatic rings. The molecule has 1 atom stereocenters. The van der Waals surface area contributed by atoms with E-state index in [2.05, 4.69) is 9.47 Å². The topological polar surface area (TPSA) is 80.9 Å². The van der Waals surface area contributed by atoms with Crippen molar-refractivity contribution in [1.82, 2.24) is 4.57 Å². The summed E-state index contributed by atoms with van der Waals surface area (Å²) in [6.45, 7) is 0.464. The number of carbonyl (C=O) groups is 1. The highest BCUT2D eigenvalue weighted by atomic mass is 19.3. The van der Waals surface area contributed by atoms with Crippen LogP contribution in [0.1, 0.15) is 65.1 Å². The van der Waals surface area contributed by atoms with Gasteiger partial charge in [-0.3, -0.25) is 4.79 Å². The van der Waals surface area contributed by atoms with Crippen LogP contribution in [0.15, 0.2) is 36.3 Å². The summed E-state index contributed by atoms with van der Waals surface area (Å²) in [7, 11) is 0. The quantitative estimate of drug-likeness (QED) is 0.413. The fraction of sp³-hybridized carbons (Fsp3) is 0.464. The zero-order valence-corrected chi connectivity index (χ0v) is 20.5. The van der Waals surface area contributed by atoms with E-state index in [1.807, 2.05) is 0 Å². The van der Waals surface area contributed by atoms with Crippen molar-refractivity contribution in [2.75, 3.05) is 6.61 Å². The zero-order chi connectivity index (χ0) is 32.1. The molecule has 1 aromatic heterocycles. The molecule has 2 aromatic carbocycles. The van der Waals surface area contributed by atoms with E-state index in [0.29, 0.717) is 29.4 Å². The van der Waals surface area contributed by atoms with Crippen LogP contribution in [0.25, 0.3) is 10.9 Å². The van der Waals surface area contributed by atoms with Gasteiger partial charge in [-0.15, -0.1) is 8.78 Å². The van der Waals surface area contributed by atoms with Crippen molar-refractivity contribution in [2.24, 2.45) is 0 Å². The Morgan fingerprint density at radius 3 is 2.62 bits per heavy atom. The van der Waals surface area contributed by atoms with Gasteiger partial charge in [-0.05, 0) is 60.6 Å². The first kappa shape index (κ1) is 19.1. The second kappa shape index (κ2) is 8.77. The maximum atomic E-state index is 16.0. The van der Waals surface area contributed by atoms with Crippen LogP contribution in [0.4, 0.5) is 13.2 Å². The fourth-order valence-corrected chi connectivity index (χ4v) is 4.52. The molecular formula is C28H30F3NO5. The fourth-order valence-electron chi connectivity index (χ4n) is 4.52. The minimum atomic E-state index is -3.86. The largest absolute Gasteiger partial charge is 0.586 e. The summed E-state index contributed by atoms with van der Waals surface area (Å²) in [5.74, 6) is -2.35. The predicted molar refractivity (Wildman–Crippen MR) is 131 cm³/mol. The van der Waals surface area contributed by atoms with Gasteiger partial charge in [-0.25, -0.2) is 4.39 Å². The van der Waals surface area contributed by atoms with Gasteiger partial charge >= 0.3 is 6.29 Å². The van der Waals surface area contributed by atoms with Crippen molar-refractivity contribution >= 4 is 16.7 Å². The number of aromatic nitrogens is 1. The van der Waals surface area contributed by atoms with Gasteiger partial charge in [0.25, 0.3) is 0 Å². The van der Waals surface area contributed by atoms with E-state index in [-0.39, 0.29) is 22.6 Å². The molecule has 0 amide bonds. The molecule has 0 radical (unpaired) electrons. The second-order valence-corrected chi connectivity index (χ2v) is 10.0. The summed E-state index contributed by atoms with van der Waals surface area (Å²) in [5.41, 5.74) is -3.08. The Balaban J connectivity index is 1.66. The Labute approximate surface area is 221 Å². The normalized spacial score (nSPS) is 21.8. The summed E-state index contributed by atoms with van der Waals surface area (Å²) >= 11 is 0. The van der Waals surface area contributed by atoms with Gasteiger partial charge in [0.2, 0.25) is 0 Å². The van der Waals surface area contributed by atoms with Crippen molar-refractivity contribution < 1.29 is 45.9 Å². The van der Waals surface area contributed by atoms with Gasteiger partial charge in [0.05, 0.1) is 38.3 Å². The number of benzene rings is 2. The molecule has 3 aromatic rings. The first-order valence-corrected chi connectivity index (χ1v) is 11.9. The number of ether oxygens (including phenoxy) is 2. The summed E-state index contributed by atoms with van der Waals surface area (Å²) < 4.78 is 104. The van der Waals surface area contributed by atoms with Crippen molar-refractivity contribution in [3.63, 3.8) is 0 Å². The van der Waals surface area contributed by atoms with E-state index in [1.54, 1.807) is 20.8 Å². The lowest BCUT2D eigenvalue weighted by atomic mass is 9.86. The highest BCUT2D eigenvalue weighted by Gasteiger charge is 2.52. The van der Waals surface area contributed by atoms with Crippen LogP contribution in [-0.4, -0.2) is 39.5 Å². The van der Waals surface area contributed by atoms with E-state index in [4.69, 9.17) is 8.22 Å². The van der Waals surface area contributed by atoms with E-state index in [1.165, 1.54) is 18.2 Å². The number of hydrogen-bond donors (Lipinski definition) is 2. The first-order chi connectivity index (χ1) is 19.8. The molecule has 0 saturated heterocycles. The summed E-state index contributed by atoms with van der Waals surface area (Å²) in [6, 6.07) is 1.90. The molecule has 0 spiro atoms. The Hall–Kier alpha value is -3.04. The lowest BCUT2D eigenvalue weighted by molar-refractivity contribution is -0.286. The number of Topliss-reactive ketones (excluding diaryl/α,β-unsaturated/α-hetero) is 1. The molecular weight excluding hydrogens is 487 g/mol. The van der Waals surface area contributed by atoms with E-state index in [0.717, 1.165) is 0 Å². The van der Waals surface area contributed by atoms with E-state index >= 15 is 4.39 Å². The summed E-state index contributed by atoms with van der Waals surface area (Å²) in [5, 5.41) is 19.7. The number of aliphatic hydroxyl groups excluding tert-OH is 1. The average Bonchev–Trinajstić information content (AvgIpc) is 3.59. The van der Waals surface area contributed by atoms with Gasteiger partial charge < -0.3 is 24.3 Å². The molecule has 198 valence electrons. The molecule has 6 nitrogen and oxygen atoms in total. The number of ketones is 1. The molecule has 37 heavy (non-hydrogen) atoms. The van der Waals surface area contributed by atoms with Crippen LogP contribution in [-0.2, 0) is 28.5 Å². The minimum Gasteiger partial charge on any atom is -0.395 e. The van der Waals surface area contributed by atoms with Crippen LogP contribution < -0.4 is 9.47 Å². The van der Waals surface area contributed by atoms with Crippen LogP contribution in [0.2, 0.25) is 0 Å². The predicted octanol–water partition coefficient (Wildman–Crippen LogP) is 4.99. The maximum Gasteiger partial charge on any atom is 0.586 e. The van der Waals surface area contributed by atoms with Crippen LogP contribution >= 0.6 is 0 Å². The van der Waals surface area contributed by atoms with Gasteiger partial charge in [0.15, 0.2) is 11.5 Å². The number of nitrogens with zero attached hydrogens (tertiary/aromatic N) is 1. The third-order valence-electron chi connectivity index (χ3n) is 7.19. The molecule has 1 fully saturated rings. The molecule has 9 heteroatoms. The third kappa shape index (κ3) is 4.48. The zero-order valence-electron chi connectivity index (χ0n) is 26.5. The van der Waals surface area contributed by atoms with Crippen molar-refractivity contribution in [1.29, 1.82) is 0 Å². The Morgan fingerprint density at radius 1 is 1.27 bits per heavy atom. The smallest absolute Gasteiger partial charge is 0.395 e. The molecule has 2 N–H and O–H groups in total. The van der Waals surface area contributed by atoms with Crippen molar-refractivity contribution in [2.45, 2.75) is 76.2 Å². The Kier molecular flexibility index (Phi) is 4.52. The monoisotopic (exact) mass is 523 g/mol. The average molecular weight is 524 g/mol. The molecule has 5 rings (SSSR count). The molecule has 0 unspecified atom stereocenters. The molecule has 1 aliphatic carbocycles. The SMILES string of the molecule is [2H]c1c(CC(=O)C2(c3ccc4c(c3)OC(F)(F)O4)CC2)c(F)c([2H])c2c1c([2H])c(C(C)(C)CC)n2C([2H])([2H])[C@]([2H])(O)CO. The molecule has 1 aliphatic heterocycles. The summed E-state index contributed by atoms with van der Waals surface area (Å²) in [4.78, 5) is 13.6. The first-order valence-electron chi connectivity index (χ1n) is 14.9. The van der Waals surface area contributed by atoms with Gasteiger partial charge in [-0.2, -0.15) is 0 Å². The van der Waals surface area contributed by atoms with Crippen molar-refractivity contribution in [3.8, 4) is 11.5 Å². The van der Waals surface area contributed by atoms with Gasteiger partial charge in [0.1, 0.15) is 11.6 Å². The van der Waals surface area contributed by atoms with Crippen LogP contribution in [0, 0.1) is 5.82 Å². The lowest BCUT2D eigenvalue weighted by Crippen LogP contribution is -2.26. The maximum absolute atomic E-state index is 16.0. The molecule has 0 bridgehead atoms. The number of alkyl halides is 2. The van der Waals surface area contributed by atoms with Gasteiger partial charge in [0, 0.05) is 22.9 Å². The van der Waals surface area contributed by atoms with Crippen LogP contribution in [0.5, 0.6) is 11.5 Å². The highest BCUT2D eigenvalue weighted by molar-refractivity contribution is 5.95. The number of halogens is 3. The Bertz CT molecular complexity index is 1670. The van der Waals surface area contributed by atoms with Crippen molar-refractivity contribution in [3.05, 3.63) is 59.0 Å². The van der Waals surface area contributed by atoms with Gasteiger partial charge in [-0.1, -0.05) is 26.8 Å². The second-order valence-electron chi connectivity index (χ2n) is 10.0. The minimum absolute atomic E-state index is 0.130. The highest BCUT2D eigenvalue weighted by Crippen LogP contribution is 2.52. The lowest BCUT2D eigenvalue weighted by Gasteiger charge is -2.26. The third-order valence-corrected chi connectivity index (χ3v) is 7.19. The van der Waals surface area contributed by atoms with E-state index in [9.17, 15) is 23.8 Å². The summed E-state index contributed by atoms with van der Waals surface area (Å²) in [6.07, 6.45) is -6.78. The number of aliphatic hydroxyl groups is 2. The number of hydrogen-bond acceptors (Lipinski definition) is 5. The molecule has 2 heterocycles. The van der Waals surface area contributed by atoms with E-state index < -0.39 is 83.5 Å². The number of rotatable bonds is 9. The number of fused-ring (bicyclic) bond motifs is 2. The van der Waals surface area contributed by atoms with Crippen LogP contribution in [0.3, 0.4) is 0 Å². The number of carbonyl (C=O) groups excluding carboxylic acids is 1.